The van der Waals surface area contributed by atoms with Crippen LogP contribution in [0.1, 0.15) is 12.1 Å². The molecule has 1 aromatic carbocycles. The minimum atomic E-state index is -0.373. The standard InChI is InChI=1S/C20H27N5O4/c1-5-12-29-16-8-6-14(13-17(16)28-4)19-22-20(27)15(23-24-19)7-9-18(26)21-10-11-25(2)3/h5-6,8,13H,1,7,9-12H2,2-4H3,(H,21,26)(H,22,24,27). The van der Waals surface area contributed by atoms with Crippen molar-refractivity contribution >= 4 is 5.91 Å². The molecule has 0 atom stereocenters. The summed E-state index contributed by atoms with van der Waals surface area (Å²) in [5.41, 5.74) is 0.474. The lowest BCUT2D eigenvalue weighted by Crippen LogP contribution is -2.32. The summed E-state index contributed by atoms with van der Waals surface area (Å²) in [6.45, 7) is 5.27. The van der Waals surface area contributed by atoms with Crippen molar-refractivity contribution in [3.05, 3.63) is 46.9 Å². The average molecular weight is 401 g/mol. The molecule has 0 aliphatic rings. The first-order valence-electron chi connectivity index (χ1n) is 9.24. The van der Waals surface area contributed by atoms with Crippen molar-refractivity contribution in [2.45, 2.75) is 12.8 Å². The lowest BCUT2D eigenvalue weighted by atomic mass is 10.2. The molecule has 9 heteroatoms. The van der Waals surface area contributed by atoms with Crippen molar-refractivity contribution in [3.8, 4) is 22.9 Å². The number of hydrogen-bond donors (Lipinski definition) is 2. The molecule has 156 valence electrons. The molecular formula is C20H27N5O4. The summed E-state index contributed by atoms with van der Waals surface area (Å²) in [6, 6.07) is 5.18. The third kappa shape index (κ3) is 6.72. The van der Waals surface area contributed by atoms with Gasteiger partial charge in [-0.25, -0.2) is 0 Å². The van der Waals surface area contributed by atoms with Gasteiger partial charge in [0.1, 0.15) is 12.3 Å². The van der Waals surface area contributed by atoms with Gasteiger partial charge in [-0.05, 0) is 32.3 Å². The largest absolute Gasteiger partial charge is 0.493 e. The molecule has 0 radical (unpaired) electrons. The summed E-state index contributed by atoms with van der Waals surface area (Å²) in [5.74, 6) is 1.24. The molecule has 2 rings (SSSR count). The van der Waals surface area contributed by atoms with Gasteiger partial charge >= 0.3 is 0 Å². The first-order chi connectivity index (χ1) is 13.9. The van der Waals surface area contributed by atoms with E-state index < -0.39 is 0 Å². The summed E-state index contributed by atoms with van der Waals surface area (Å²) in [5, 5.41) is 10.9. The normalized spacial score (nSPS) is 10.6. The van der Waals surface area contributed by atoms with Crippen LogP contribution in [0.3, 0.4) is 0 Å². The number of aromatic amines is 1. The fraction of sp³-hybridized carbons (Fsp3) is 0.400. The Balaban J connectivity index is 2.04. The molecule has 0 spiro atoms. The number of aryl methyl sites for hydroxylation is 1. The first-order valence-corrected chi connectivity index (χ1v) is 9.24. The number of nitrogens with one attached hydrogen (secondary N) is 2. The highest BCUT2D eigenvalue weighted by molar-refractivity contribution is 5.76. The molecule has 1 heterocycles. The van der Waals surface area contributed by atoms with E-state index in [1.54, 1.807) is 24.3 Å². The lowest BCUT2D eigenvalue weighted by molar-refractivity contribution is -0.121. The number of H-pyrrole nitrogens is 1. The highest BCUT2D eigenvalue weighted by atomic mass is 16.5. The number of likely N-dealkylation sites (N-methyl/N-ethyl adjacent to an activating group) is 1. The Morgan fingerprint density at radius 3 is 2.76 bits per heavy atom. The second kappa shape index (κ2) is 11.0. The van der Waals surface area contributed by atoms with Gasteiger partial charge in [0.05, 0.1) is 7.11 Å². The van der Waals surface area contributed by atoms with Crippen molar-refractivity contribution < 1.29 is 14.3 Å². The predicted octanol–water partition coefficient (Wildman–Crippen LogP) is 1.02. The first kappa shape index (κ1) is 22.1. The van der Waals surface area contributed by atoms with Gasteiger partial charge < -0.3 is 24.7 Å². The number of rotatable bonds is 11. The molecule has 0 fully saturated rings. The van der Waals surface area contributed by atoms with Crippen molar-refractivity contribution in [1.29, 1.82) is 0 Å². The number of nitrogens with zero attached hydrogens (tertiary/aromatic N) is 3. The zero-order valence-corrected chi connectivity index (χ0v) is 17.0. The van der Waals surface area contributed by atoms with Gasteiger partial charge in [-0.15, -0.1) is 10.2 Å². The number of benzene rings is 1. The Bertz CT molecular complexity index is 895. The van der Waals surface area contributed by atoms with E-state index in [1.807, 2.05) is 19.0 Å². The van der Waals surface area contributed by atoms with Crippen LogP contribution in [0.15, 0.2) is 35.6 Å². The molecule has 2 N–H and O–H groups in total. The van der Waals surface area contributed by atoms with Crippen LogP contribution in [0, 0.1) is 0 Å². The van der Waals surface area contributed by atoms with Crippen molar-refractivity contribution in [2.75, 3.05) is 40.9 Å². The number of ether oxygens (including phenoxy) is 2. The fourth-order valence-electron chi connectivity index (χ4n) is 2.48. The van der Waals surface area contributed by atoms with E-state index in [0.717, 1.165) is 6.54 Å². The molecule has 1 aromatic heterocycles. The fourth-order valence-corrected chi connectivity index (χ4v) is 2.48. The van der Waals surface area contributed by atoms with Crippen LogP contribution in [0.25, 0.3) is 11.4 Å². The van der Waals surface area contributed by atoms with Gasteiger partial charge in [-0.3, -0.25) is 9.59 Å². The molecule has 0 bridgehead atoms. The minimum Gasteiger partial charge on any atom is -0.493 e. The molecule has 0 saturated heterocycles. The van der Waals surface area contributed by atoms with Crippen LogP contribution in [0.2, 0.25) is 0 Å². The molecule has 0 saturated carbocycles. The van der Waals surface area contributed by atoms with E-state index >= 15 is 0 Å². The van der Waals surface area contributed by atoms with E-state index in [4.69, 9.17) is 9.47 Å². The third-order valence-corrected chi connectivity index (χ3v) is 4.03. The number of aromatic nitrogens is 3. The van der Waals surface area contributed by atoms with Gasteiger partial charge in [0, 0.05) is 31.5 Å². The number of carbonyl (C=O) groups excluding carboxylic acids is 1. The summed E-state index contributed by atoms with van der Waals surface area (Å²) in [6.07, 6.45) is 2.03. The number of carbonyl (C=O) groups is 1. The van der Waals surface area contributed by atoms with Crippen LogP contribution >= 0.6 is 0 Å². The molecule has 0 unspecified atom stereocenters. The quantitative estimate of drug-likeness (QED) is 0.541. The Hall–Kier alpha value is -3.20. The Labute approximate surface area is 169 Å². The number of methoxy groups -OCH3 is 1. The van der Waals surface area contributed by atoms with Crippen LogP contribution in [-0.2, 0) is 11.2 Å². The average Bonchev–Trinajstić information content (AvgIpc) is 2.70. The van der Waals surface area contributed by atoms with Crippen LogP contribution in [-0.4, -0.2) is 66.9 Å². The van der Waals surface area contributed by atoms with Gasteiger partial charge in [0.25, 0.3) is 5.56 Å². The summed E-state index contributed by atoms with van der Waals surface area (Å²) < 4.78 is 10.8. The molecule has 0 aliphatic heterocycles. The molecule has 1 amide bonds. The highest BCUT2D eigenvalue weighted by Gasteiger charge is 2.12. The molecule has 2 aromatic rings. The van der Waals surface area contributed by atoms with Gasteiger partial charge in [0.2, 0.25) is 5.91 Å². The van der Waals surface area contributed by atoms with E-state index in [1.165, 1.54) is 7.11 Å². The van der Waals surface area contributed by atoms with Crippen molar-refractivity contribution in [2.24, 2.45) is 0 Å². The Kier molecular flexibility index (Phi) is 8.35. The van der Waals surface area contributed by atoms with Crippen LogP contribution < -0.4 is 20.3 Å². The topological polar surface area (TPSA) is 109 Å². The third-order valence-electron chi connectivity index (χ3n) is 4.03. The lowest BCUT2D eigenvalue weighted by Gasteiger charge is -2.11. The van der Waals surface area contributed by atoms with Gasteiger partial charge in [-0.2, -0.15) is 0 Å². The van der Waals surface area contributed by atoms with E-state index in [2.05, 4.69) is 27.1 Å². The molecule has 29 heavy (non-hydrogen) atoms. The van der Waals surface area contributed by atoms with Gasteiger partial charge in [0.15, 0.2) is 17.3 Å². The maximum atomic E-state index is 12.3. The van der Waals surface area contributed by atoms with Gasteiger partial charge in [-0.1, -0.05) is 12.7 Å². The molecule has 9 nitrogen and oxygen atoms in total. The smallest absolute Gasteiger partial charge is 0.273 e. The van der Waals surface area contributed by atoms with Crippen molar-refractivity contribution in [1.82, 2.24) is 25.4 Å². The predicted molar refractivity (Wildman–Crippen MR) is 110 cm³/mol. The summed E-state index contributed by atoms with van der Waals surface area (Å²) in [7, 11) is 5.39. The Morgan fingerprint density at radius 1 is 1.31 bits per heavy atom. The van der Waals surface area contributed by atoms with E-state index in [9.17, 15) is 9.59 Å². The number of hydrogen-bond acceptors (Lipinski definition) is 7. The van der Waals surface area contributed by atoms with Crippen LogP contribution in [0.4, 0.5) is 0 Å². The second-order valence-corrected chi connectivity index (χ2v) is 6.57. The van der Waals surface area contributed by atoms with E-state index in [0.29, 0.717) is 36.0 Å². The molecule has 0 aliphatic carbocycles. The maximum Gasteiger partial charge on any atom is 0.273 e. The SMILES string of the molecule is C=CCOc1ccc(-c2nnc(CCC(=O)NCCN(C)C)c(=O)[nH]2)cc1OC. The monoisotopic (exact) mass is 401 g/mol. The number of amides is 1. The highest BCUT2D eigenvalue weighted by Crippen LogP contribution is 2.31. The zero-order valence-electron chi connectivity index (χ0n) is 17.0. The van der Waals surface area contributed by atoms with E-state index in [-0.39, 0.29) is 30.0 Å². The molecular weight excluding hydrogens is 374 g/mol. The zero-order chi connectivity index (χ0) is 21.2. The minimum absolute atomic E-state index is 0.128. The Morgan fingerprint density at radius 2 is 2.10 bits per heavy atom. The van der Waals surface area contributed by atoms with Crippen LogP contribution in [0.5, 0.6) is 11.5 Å². The summed E-state index contributed by atoms with van der Waals surface area (Å²) in [4.78, 5) is 28.9. The van der Waals surface area contributed by atoms with Crippen molar-refractivity contribution in [3.63, 3.8) is 0 Å². The second-order valence-electron chi connectivity index (χ2n) is 6.57. The summed E-state index contributed by atoms with van der Waals surface area (Å²) >= 11 is 0. The maximum absolute atomic E-state index is 12.3.